The SMILES string of the molecule is Cc1cc(C)cc(-n2ncc(CNCC3(CCO)CCOC3)n2)c1. The van der Waals surface area contributed by atoms with Crippen molar-refractivity contribution in [3.8, 4) is 5.69 Å². The molecule has 1 aromatic heterocycles. The van der Waals surface area contributed by atoms with E-state index in [-0.39, 0.29) is 12.0 Å². The number of hydrogen-bond acceptors (Lipinski definition) is 5. The molecular formula is C18H26N4O2. The van der Waals surface area contributed by atoms with Gasteiger partial charge in [0.15, 0.2) is 0 Å². The first kappa shape index (κ1) is 17.1. The van der Waals surface area contributed by atoms with Gasteiger partial charge in [0.25, 0.3) is 0 Å². The van der Waals surface area contributed by atoms with Crippen LogP contribution in [0.4, 0.5) is 0 Å². The van der Waals surface area contributed by atoms with Crippen LogP contribution in [0, 0.1) is 19.3 Å². The van der Waals surface area contributed by atoms with Gasteiger partial charge in [0.1, 0.15) is 0 Å². The van der Waals surface area contributed by atoms with E-state index in [9.17, 15) is 5.11 Å². The molecule has 3 rings (SSSR count). The fraction of sp³-hybridized carbons (Fsp3) is 0.556. The van der Waals surface area contributed by atoms with Gasteiger partial charge in [-0.25, -0.2) is 0 Å². The number of aliphatic hydroxyl groups is 1. The Labute approximate surface area is 142 Å². The zero-order chi connectivity index (χ0) is 17.0. The van der Waals surface area contributed by atoms with Gasteiger partial charge in [-0.3, -0.25) is 0 Å². The number of hydrogen-bond donors (Lipinski definition) is 2. The number of nitrogens with zero attached hydrogens (tertiary/aromatic N) is 3. The number of aliphatic hydroxyl groups excluding tert-OH is 1. The highest BCUT2D eigenvalue weighted by atomic mass is 16.5. The highest BCUT2D eigenvalue weighted by Gasteiger charge is 2.33. The van der Waals surface area contributed by atoms with Crippen molar-refractivity contribution in [1.29, 1.82) is 0 Å². The number of nitrogens with one attached hydrogen (secondary N) is 1. The largest absolute Gasteiger partial charge is 0.396 e. The van der Waals surface area contributed by atoms with E-state index in [0.717, 1.165) is 44.0 Å². The average Bonchev–Trinajstić information content (AvgIpc) is 3.17. The smallest absolute Gasteiger partial charge is 0.0969 e. The van der Waals surface area contributed by atoms with Crippen LogP contribution in [-0.4, -0.2) is 46.5 Å². The van der Waals surface area contributed by atoms with Crippen LogP contribution >= 0.6 is 0 Å². The third-order valence-corrected chi connectivity index (χ3v) is 4.61. The van der Waals surface area contributed by atoms with Gasteiger partial charge in [0.2, 0.25) is 0 Å². The number of aromatic nitrogens is 3. The molecule has 0 radical (unpaired) electrons. The van der Waals surface area contributed by atoms with E-state index in [1.165, 1.54) is 11.1 Å². The summed E-state index contributed by atoms with van der Waals surface area (Å²) in [5, 5.41) is 21.7. The van der Waals surface area contributed by atoms with Crippen molar-refractivity contribution >= 4 is 0 Å². The van der Waals surface area contributed by atoms with Gasteiger partial charge in [-0.1, -0.05) is 6.07 Å². The highest BCUT2D eigenvalue weighted by molar-refractivity contribution is 5.37. The molecule has 1 atom stereocenters. The zero-order valence-corrected chi connectivity index (χ0v) is 14.5. The minimum Gasteiger partial charge on any atom is -0.396 e. The number of aryl methyl sites for hydroxylation is 2. The summed E-state index contributed by atoms with van der Waals surface area (Å²) in [6.45, 7) is 7.34. The Balaban J connectivity index is 1.60. The molecular weight excluding hydrogens is 304 g/mol. The number of benzene rings is 1. The van der Waals surface area contributed by atoms with Gasteiger partial charge in [0.05, 0.1) is 24.2 Å². The Morgan fingerprint density at radius 1 is 1.29 bits per heavy atom. The molecule has 1 unspecified atom stereocenters. The summed E-state index contributed by atoms with van der Waals surface area (Å²) in [5.74, 6) is 0. The second-order valence-corrected chi connectivity index (χ2v) is 6.85. The van der Waals surface area contributed by atoms with Crippen LogP contribution in [0.2, 0.25) is 0 Å². The molecule has 24 heavy (non-hydrogen) atoms. The molecule has 130 valence electrons. The maximum absolute atomic E-state index is 9.27. The molecule has 1 fully saturated rings. The van der Waals surface area contributed by atoms with E-state index in [0.29, 0.717) is 6.54 Å². The monoisotopic (exact) mass is 330 g/mol. The molecule has 6 nitrogen and oxygen atoms in total. The fourth-order valence-corrected chi connectivity index (χ4v) is 3.33. The van der Waals surface area contributed by atoms with Crippen molar-refractivity contribution in [1.82, 2.24) is 20.3 Å². The maximum atomic E-state index is 9.27. The van der Waals surface area contributed by atoms with Crippen LogP contribution in [0.1, 0.15) is 29.7 Å². The lowest BCUT2D eigenvalue weighted by Crippen LogP contribution is -2.35. The van der Waals surface area contributed by atoms with Crippen LogP contribution in [0.15, 0.2) is 24.4 Å². The van der Waals surface area contributed by atoms with Crippen molar-refractivity contribution in [3.63, 3.8) is 0 Å². The Morgan fingerprint density at radius 2 is 2.08 bits per heavy atom. The number of ether oxygens (including phenoxy) is 1. The summed E-state index contributed by atoms with van der Waals surface area (Å²) in [5.41, 5.74) is 4.36. The van der Waals surface area contributed by atoms with E-state index in [1.54, 1.807) is 11.0 Å². The fourth-order valence-electron chi connectivity index (χ4n) is 3.33. The van der Waals surface area contributed by atoms with Gasteiger partial charge in [0, 0.05) is 31.7 Å². The lowest BCUT2D eigenvalue weighted by molar-refractivity contribution is 0.124. The molecule has 0 aliphatic carbocycles. The molecule has 2 aromatic rings. The third kappa shape index (κ3) is 4.01. The molecule has 2 N–H and O–H groups in total. The standard InChI is InChI=1S/C18H26N4O2/c1-14-7-15(2)9-17(8-14)22-20-11-16(21-22)10-19-12-18(3-5-23)4-6-24-13-18/h7-9,11,19,23H,3-6,10,12-13H2,1-2H3. The lowest BCUT2D eigenvalue weighted by atomic mass is 9.84. The van der Waals surface area contributed by atoms with Crippen LogP contribution in [0.3, 0.4) is 0 Å². The molecule has 1 aliphatic heterocycles. The molecule has 0 amide bonds. The second kappa shape index (κ2) is 7.42. The molecule has 0 spiro atoms. The maximum Gasteiger partial charge on any atom is 0.0969 e. The Kier molecular flexibility index (Phi) is 5.28. The Bertz CT molecular complexity index is 657. The quantitative estimate of drug-likeness (QED) is 0.809. The van der Waals surface area contributed by atoms with Crippen molar-refractivity contribution < 1.29 is 9.84 Å². The lowest BCUT2D eigenvalue weighted by Gasteiger charge is -2.26. The van der Waals surface area contributed by atoms with Crippen molar-refractivity contribution in [2.75, 3.05) is 26.4 Å². The van der Waals surface area contributed by atoms with E-state index >= 15 is 0 Å². The third-order valence-electron chi connectivity index (χ3n) is 4.61. The summed E-state index contributed by atoms with van der Waals surface area (Å²) in [4.78, 5) is 1.68. The van der Waals surface area contributed by atoms with Gasteiger partial charge in [-0.15, -0.1) is 0 Å². The molecule has 6 heteroatoms. The van der Waals surface area contributed by atoms with Crippen LogP contribution in [-0.2, 0) is 11.3 Å². The predicted octanol–water partition coefficient (Wildman–Crippen LogP) is 1.76. The van der Waals surface area contributed by atoms with Crippen LogP contribution < -0.4 is 5.32 Å². The van der Waals surface area contributed by atoms with Gasteiger partial charge >= 0.3 is 0 Å². The summed E-state index contributed by atoms with van der Waals surface area (Å²) < 4.78 is 5.52. The first-order valence-electron chi connectivity index (χ1n) is 8.49. The van der Waals surface area contributed by atoms with E-state index in [1.807, 2.05) is 0 Å². The minimum atomic E-state index is 0.0540. The van der Waals surface area contributed by atoms with Gasteiger partial charge in [-0.05, 0) is 49.9 Å². The molecule has 0 bridgehead atoms. The Morgan fingerprint density at radius 3 is 2.75 bits per heavy atom. The molecule has 1 saturated heterocycles. The van der Waals surface area contributed by atoms with Crippen molar-refractivity contribution in [2.24, 2.45) is 5.41 Å². The normalized spacial score (nSPS) is 20.6. The van der Waals surface area contributed by atoms with Crippen LogP contribution in [0.5, 0.6) is 0 Å². The van der Waals surface area contributed by atoms with Crippen molar-refractivity contribution in [3.05, 3.63) is 41.2 Å². The number of rotatable bonds is 7. The van der Waals surface area contributed by atoms with E-state index in [4.69, 9.17) is 4.74 Å². The zero-order valence-electron chi connectivity index (χ0n) is 14.5. The average molecular weight is 330 g/mol. The van der Waals surface area contributed by atoms with E-state index < -0.39 is 0 Å². The van der Waals surface area contributed by atoms with Gasteiger partial charge < -0.3 is 15.2 Å². The second-order valence-electron chi connectivity index (χ2n) is 6.85. The van der Waals surface area contributed by atoms with E-state index in [2.05, 4.69) is 47.6 Å². The minimum absolute atomic E-state index is 0.0540. The van der Waals surface area contributed by atoms with Crippen LogP contribution in [0.25, 0.3) is 5.69 Å². The topological polar surface area (TPSA) is 72.2 Å². The summed E-state index contributed by atoms with van der Waals surface area (Å²) in [6.07, 6.45) is 3.57. The first-order valence-corrected chi connectivity index (χ1v) is 8.49. The first-order chi connectivity index (χ1) is 11.6. The van der Waals surface area contributed by atoms with Gasteiger partial charge in [-0.2, -0.15) is 15.0 Å². The van der Waals surface area contributed by atoms with Crippen molar-refractivity contribution in [2.45, 2.75) is 33.2 Å². The summed E-state index contributed by atoms with van der Waals surface area (Å²) in [7, 11) is 0. The molecule has 1 aromatic carbocycles. The summed E-state index contributed by atoms with van der Waals surface area (Å²) in [6, 6.07) is 6.30. The highest BCUT2D eigenvalue weighted by Crippen LogP contribution is 2.31. The predicted molar refractivity (Wildman–Crippen MR) is 92.1 cm³/mol. The molecule has 1 aliphatic rings. The summed E-state index contributed by atoms with van der Waals surface area (Å²) >= 11 is 0. The Hall–Kier alpha value is -1.76. The molecule has 0 saturated carbocycles. The molecule has 2 heterocycles.